The number of hydrogen-bond donors (Lipinski definition) is 0. The summed E-state index contributed by atoms with van der Waals surface area (Å²) in [4.78, 5) is 0. The molecule has 0 saturated heterocycles. The van der Waals surface area contributed by atoms with Crippen LogP contribution in [0.2, 0.25) is 5.82 Å². The third kappa shape index (κ3) is 2.37. The molecule has 0 N–H and O–H groups in total. The number of allylic oxidation sites excluding steroid dienone is 1. The van der Waals surface area contributed by atoms with Gasteiger partial charge in [-0.05, 0) is 0 Å². The summed E-state index contributed by atoms with van der Waals surface area (Å²) in [6, 6.07) is 0. The number of rotatable bonds is 2. The van der Waals surface area contributed by atoms with E-state index in [2.05, 4.69) is 6.58 Å². The largest absolute Gasteiger partial charge is 0.553 e. The van der Waals surface area contributed by atoms with Crippen LogP contribution in [0.15, 0.2) is 12.7 Å². The Hall–Kier alpha value is -0.545. The summed E-state index contributed by atoms with van der Waals surface area (Å²) in [5, 5.41) is 0. The van der Waals surface area contributed by atoms with Gasteiger partial charge in [-0.2, -0.15) is 13.2 Å². The molecule has 0 nitrogen and oxygen atoms in total. The summed E-state index contributed by atoms with van der Waals surface area (Å²) >= 11 is 0. The zero-order valence-electron chi connectivity index (χ0n) is 4.83. The van der Waals surface area contributed by atoms with E-state index < -0.39 is 19.3 Å². The Morgan fingerprint density at radius 1 is 1.30 bits per heavy atom. The van der Waals surface area contributed by atoms with Crippen molar-refractivity contribution in [1.82, 2.24) is 0 Å². The van der Waals surface area contributed by atoms with Crippen molar-refractivity contribution in [3.63, 3.8) is 0 Å². The Morgan fingerprint density at radius 2 is 1.70 bits per heavy atom. The minimum absolute atomic E-state index is 0.199. The van der Waals surface area contributed by atoms with Crippen LogP contribution >= 0.6 is 0 Å². The first-order valence-electron chi connectivity index (χ1n) is 2.37. The van der Waals surface area contributed by atoms with E-state index in [9.17, 15) is 21.8 Å². The second kappa shape index (κ2) is 3.03. The first-order chi connectivity index (χ1) is 4.39. The van der Waals surface area contributed by atoms with Gasteiger partial charge in [0.15, 0.2) is 0 Å². The summed E-state index contributed by atoms with van der Waals surface area (Å²) < 4.78 is 57.1. The molecule has 0 spiro atoms. The minimum atomic E-state index is -4.88. The Kier molecular flexibility index (Phi) is 2.86. The molecule has 1 atom stereocenters. The first kappa shape index (κ1) is 9.45. The summed E-state index contributed by atoms with van der Waals surface area (Å²) in [6.45, 7) is 2.65. The first-order valence-corrected chi connectivity index (χ1v) is 2.37. The SMILES string of the molecule is C=CC(B(F)F)C(F)(F)F. The van der Waals surface area contributed by atoms with Crippen LogP contribution < -0.4 is 0 Å². The lowest BCUT2D eigenvalue weighted by Gasteiger charge is -2.11. The van der Waals surface area contributed by atoms with Crippen molar-refractivity contribution in [2.24, 2.45) is 0 Å². The van der Waals surface area contributed by atoms with Gasteiger partial charge in [-0.3, -0.25) is 8.63 Å². The molecule has 0 aromatic heterocycles. The van der Waals surface area contributed by atoms with Crippen LogP contribution in [0, 0.1) is 0 Å². The van der Waals surface area contributed by atoms with E-state index in [0.717, 1.165) is 0 Å². The van der Waals surface area contributed by atoms with Crippen LogP contribution in [0.25, 0.3) is 0 Å². The summed E-state index contributed by atoms with van der Waals surface area (Å²) in [7, 11) is -3.42. The molecule has 6 heteroatoms. The number of halogens is 5. The molecule has 0 bridgehead atoms. The average molecular weight is 158 g/mol. The molecule has 0 aliphatic carbocycles. The molecule has 0 saturated carbocycles. The molecule has 10 heavy (non-hydrogen) atoms. The fourth-order valence-corrected chi connectivity index (χ4v) is 0.379. The van der Waals surface area contributed by atoms with Gasteiger partial charge in [-0.25, -0.2) is 0 Å². The van der Waals surface area contributed by atoms with E-state index in [1.807, 2.05) is 0 Å². The molecule has 0 aliphatic rings. The van der Waals surface area contributed by atoms with Crippen LogP contribution in [0.4, 0.5) is 21.8 Å². The molecule has 0 fully saturated rings. The van der Waals surface area contributed by atoms with Gasteiger partial charge in [-0.15, -0.1) is 6.58 Å². The quantitative estimate of drug-likeness (QED) is 0.329. The number of hydrogen-bond acceptors (Lipinski definition) is 0. The van der Waals surface area contributed by atoms with E-state index in [1.54, 1.807) is 0 Å². The Labute approximate surface area is 54.9 Å². The predicted molar refractivity (Wildman–Crippen MR) is 28.0 cm³/mol. The summed E-state index contributed by atoms with van der Waals surface area (Å²) in [6.07, 6.45) is -4.68. The van der Waals surface area contributed by atoms with Gasteiger partial charge in [0.1, 0.15) is 5.82 Å². The van der Waals surface area contributed by atoms with Crippen molar-refractivity contribution in [3.8, 4) is 0 Å². The summed E-state index contributed by atoms with van der Waals surface area (Å²) in [5.74, 6) is -2.70. The fourth-order valence-electron chi connectivity index (χ4n) is 0.379. The van der Waals surface area contributed by atoms with E-state index in [4.69, 9.17) is 0 Å². The second-order valence-corrected chi connectivity index (χ2v) is 1.64. The number of alkyl halides is 3. The lowest BCUT2D eigenvalue weighted by molar-refractivity contribution is -0.127. The van der Waals surface area contributed by atoms with Crippen molar-refractivity contribution in [1.29, 1.82) is 0 Å². The van der Waals surface area contributed by atoms with E-state index in [0.29, 0.717) is 0 Å². The molecule has 0 rings (SSSR count). The predicted octanol–water partition coefficient (Wildman–Crippen LogP) is 2.53. The highest BCUT2D eigenvalue weighted by Gasteiger charge is 2.47. The van der Waals surface area contributed by atoms with Crippen molar-refractivity contribution < 1.29 is 21.8 Å². The monoisotopic (exact) mass is 158 g/mol. The lowest BCUT2D eigenvalue weighted by atomic mass is 9.77. The van der Waals surface area contributed by atoms with Crippen LogP contribution in [0.3, 0.4) is 0 Å². The van der Waals surface area contributed by atoms with Gasteiger partial charge in [0.25, 0.3) is 0 Å². The molecule has 1 unspecified atom stereocenters. The molecular weight excluding hydrogens is 154 g/mol. The smallest absolute Gasteiger partial charge is 0.286 e. The highest BCUT2D eigenvalue weighted by Crippen LogP contribution is 2.34. The topological polar surface area (TPSA) is 0 Å². The molecular formula is C4H4BF5. The normalized spacial score (nSPS) is 14.5. The van der Waals surface area contributed by atoms with Crippen LogP contribution in [-0.2, 0) is 0 Å². The average Bonchev–Trinajstić information content (AvgIpc) is 1.60. The highest BCUT2D eigenvalue weighted by molar-refractivity contribution is 6.45. The van der Waals surface area contributed by atoms with Gasteiger partial charge in [0, 0.05) is 0 Å². The highest BCUT2D eigenvalue weighted by atomic mass is 19.4. The molecule has 58 valence electrons. The van der Waals surface area contributed by atoms with Gasteiger partial charge in [-0.1, -0.05) is 6.08 Å². The van der Waals surface area contributed by atoms with Gasteiger partial charge >= 0.3 is 13.4 Å². The third-order valence-electron chi connectivity index (χ3n) is 0.903. The van der Waals surface area contributed by atoms with Crippen LogP contribution in [0.1, 0.15) is 0 Å². The lowest BCUT2D eigenvalue weighted by Crippen LogP contribution is -2.24. The third-order valence-corrected chi connectivity index (χ3v) is 0.903. The van der Waals surface area contributed by atoms with E-state index in [-0.39, 0.29) is 6.08 Å². The summed E-state index contributed by atoms with van der Waals surface area (Å²) in [5.41, 5.74) is 0. The molecule has 0 aliphatic heterocycles. The molecule has 0 aromatic rings. The van der Waals surface area contributed by atoms with Gasteiger partial charge in [0.05, 0.1) is 0 Å². The maximum atomic E-state index is 11.4. The molecule has 0 amide bonds. The van der Waals surface area contributed by atoms with Gasteiger partial charge in [0.2, 0.25) is 0 Å². The Bertz CT molecular complexity index is 117. The van der Waals surface area contributed by atoms with E-state index >= 15 is 0 Å². The Balaban J connectivity index is 4.21. The molecule has 0 radical (unpaired) electrons. The minimum Gasteiger partial charge on any atom is -0.286 e. The van der Waals surface area contributed by atoms with Crippen molar-refractivity contribution >= 4 is 7.27 Å². The fraction of sp³-hybridized carbons (Fsp3) is 0.500. The van der Waals surface area contributed by atoms with Crippen LogP contribution in [0.5, 0.6) is 0 Å². The van der Waals surface area contributed by atoms with Crippen LogP contribution in [-0.4, -0.2) is 13.4 Å². The Morgan fingerprint density at radius 3 is 1.70 bits per heavy atom. The van der Waals surface area contributed by atoms with Gasteiger partial charge < -0.3 is 0 Å². The van der Waals surface area contributed by atoms with E-state index in [1.165, 1.54) is 0 Å². The van der Waals surface area contributed by atoms with Crippen molar-refractivity contribution in [3.05, 3.63) is 12.7 Å². The zero-order chi connectivity index (χ0) is 8.36. The maximum Gasteiger partial charge on any atom is 0.553 e. The molecule has 0 heterocycles. The standard InChI is InChI=1S/C4H4BF5/c1-2-3(5(9)10)4(6,7)8/h2-3H,1H2. The molecule has 0 aromatic carbocycles. The van der Waals surface area contributed by atoms with Crippen molar-refractivity contribution in [2.45, 2.75) is 12.0 Å². The second-order valence-electron chi connectivity index (χ2n) is 1.64. The maximum absolute atomic E-state index is 11.4. The zero-order valence-corrected chi connectivity index (χ0v) is 4.83. The van der Waals surface area contributed by atoms with Crippen molar-refractivity contribution in [2.75, 3.05) is 0 Å².